The quantitative estimate of drug-likeness (QED) is 0.488. The molecule has 1 heterocycles. The molecule has 0 amide bonds. The molecule has 1 aliphatic heterocycles. The van der Waals surface area contributed by atoms with Crippen molar-refractivity contribution in [2.24, 2.45) is 0 Å². The molecule has 2 unspecified atom stereocenters. The maximum Gasteiger partial charge on any atom is 0.314 e. The van der Waals surface area contributed by atoms with Crippen LogP contribution in [0.15, 0.2) is 42.5 Å². The van der Waals surface area contributed by atoms with Crippen molar-refractivity contribution in [1.29, 1.82) is 0 Å². The number of nitro benzene ring substituents is 1. The van der Waals surface area contributed by atoms with Gasteiger partial charge in [0.1, 0.15) is 17.5 Å². The third-order valence-electron chi connectivity index (χ3n) is 4.66. The summed E-state index contributed by atoms with van der Waals surface area (Å²) in [6.07, 6.45) is -0.119. The molecular weight excluding hydrogens is 416 g/mol. The molecule has 0 spiro atoms. The molecule has 3 N–H and O–H groups in total. The summed E-state index contributed by atoms with van der Waals surface area (Å²) in [7, 11) is 0. The number of hydrogen-bond acceptors (Lipinski definition) is 6. The second kappa shape index (κ2) is 8.24. The van der Waals surface area contributed by atoms with Gasteiger partial charge in [-0.25, -0.2) is 0 Å². The Labute approximate surface area is 167 Å². The number of phenolic OH excluding ortho intramolecular Hbond substituents is 1. The van der Waals surface area contributed by atoms with Crippen molar-refractivity contribution in [3.05, 3.63) is 63.7 Å². The third-order valence-corrected chi connectivity index (χ3v) is 4.66. The monoisotopic (exact) mass is 438 g/mol. The van der Waals surface area contributed by atoms with E-state index in [1.54, 1.807) is 13.8 Å². The van der Waals surface area contributed by atoms with Crippen LogP contribution in [0.2, 0.25) is 0 Å². The molecule has 0 saturated heterocycles. The Hall–Kier alpha value is -2.16. The standard InChI is InChI=1S/C19H22N2O5.BrH/c1-19(2)18(23)17(20-9-8-12-6-4-3-5-7-12)13-10-15(22)14(21(24)25)11-16(13)26-19;/h3-7,10-11,17-18,20,22-23H,8-9H2,1-2H3;1H. The van der Waals surface area contributed by atoms with E-state index in [9.17, 15) is 20.3 Å². The van der Waals surface area contributed by atoms with Crippen LogP contribution >= 0.6 is 17.0 Å². The molecule has 0 aromatic heterocycles. The number of nitrogens with one attached hydrogen (secondary N) is 1. The molecule has 0 fully saturated rings. The predicted octanol–water partition coefficient (Wildman–Crippen LogP) is 3.28. The maximum absolute atomic E-state index is 11.1. The van der Waals surface area contributed by atoms with Gasteiger partial charge in [0, 0.05) is 5.56 Å². The molecule has 0 aliphatic carbocycles. The maximum atomic E-state index is 11.1. The van der Waals surface area contributed by atoms with Crippen LogP contribution in [0.5, 0.6) is 11.5 Å². The Balaban J connectivity index is 0.00000261. The molecule has 1 aliphatic rings. The zero-order chi connectivity index (χ0) is 18.9. The molecule has 0 saturated carbocycles. The fraction of sp³-hybridized carbons (Fsp3) is 0.368. The minimum Gasteiger partial charge on any atom is -0.502 e. The van der Waals surface area contributed by atoms with Crippen molar-refractivity contribution in [1.82, 2.24) is 5.32 Å². The summed E-state index contributed by atoms with van der Waals surface area (Å²) < 4.78 is 5.77. The Morgan fingerprint density at radius 2 is 1.93 bits per heavy atom. The number of ether oxygens (including phenoxy) is 1. The lowest BCUT2D eigenvalue weighted by Crippen LogP contribution is -2.52. The van der Waals surface area contributed by atoms with Crippen molar-refractivity contribution in [3.8, 4) is 11.5 Å². The highest BCUT2D eigenvalue weighted by Gasteiger charge is 2.43. The van der Waals surface area contributed by atoms with Crippen LogP contribution in [0.4, 0.5) is 5.69 Å². The van der Waals surface area contributed by atoms with E-state index in [1.165, 1.54) is 12.1 Å². The van der Waals surface area contributed by atoms with Crippen LogP contribution < -0.4 is 10.1 Å². The number of nitro groups is 1. The van der Waals surface area contributed by atoms with Crippen molar-refractivity contribution in [2.75, 3.05) is 6.54 Å². The minimum absolute atomic E-state index is 0. The lowest BCUT2D eigenvalue weighted by atomic mass is 9.86. The second-order valence-electron chi connectivity index (χ2n) is 6.95. The molecule has 2 aromatic carbocycles. The summed E-state index contributed by atoms with van der Waals surface area (Å²) in [5.41, 5.74) is 0.321. The highest BCUT2D eigenvalue weighted by Crippen LogP contribution is 2.44. The molecule has 146 valence electrons. The van der Waals surface area contributed by atoms with E-state index in [1.807, 2.05) is 30.3 Å². The van der Waals surface area contributed by atoms with Gasteiger partial charge in [0.25, 0.3) is 0 Å². The van der Waals surface area contributed by atoms with Gasteiger partial charge in [-0.2, -0.15) is 0 Å². The molecule has 2 atom stereocenters. The molecule has 0 radical (unpaired) electrons. The van der Waals surface area contributed by atoms with Gasteiger partial charge >= 0.3 is 5.69 Å². The normalized spacial score (nSPS) is 20.1. The summed E-state index contributed by atoms with van der Waals surface area (Å²) >= 11 is 0. The van der Waals surface area contributed by atoms with E-state index in [0.29, 0.717) is 17.9 Å². The van der Waals surface area contributed by atoms with E-state index >= 15 is 0 Å². The van der Waals surface area contributed by atoms with E-state index in [-0.39, 0.29) is 17.0 Å². The first-order valence-corrected chi connectivity index (χ1v) is 8.45. The summed E-state index contributed by atoms with van der Waals surface area (Å²) in [6, 6.07) is 11.9. The van der Waals surface area contributed by atoms with Gasteiger partial charge in [0.05, 0.1) is 17.0 Å². The van der Waals surface area contributed by atoms with Crippen molar-refractivity contribution in [3.63, 3.8) is 0 Å². The van der Waals surface area contributed by atoms with Crippen molar-refractivity contribution < 1.29 is 19.9 Å². The van der Waals surface area contributed by atoms with Crippen LogP contribution in [-0.4, -0.2) is 33.4 Å². The number of nitrogens with zero attached hydrogens (tertiary/aromatic N) is 1. The number of phenols is 1. The highest BCUT2D eigenvalue weighted by atomic mass is 79.9. The van der Waals surface area contributed by atoms with E-state index in [2.05, 4.69) is 5.32 Å². The predicted molar refractivity (Wildman–Crippen MR) is 107 cm³/mol. The zero-order valence-corrected chi connectivity index (χ0v) is 16.8. The summed E-state index contributed by atoms with van der Waals surface area (Å²) in [5.74, 6) is -0.152. The van der Waals surface area contributed by atoms with Gasteiger partial charge < -0.3 is 20.3 Å². The average molecular weight is 439 g/mol. The Morgan fingerprint density at radius 1 is 1.26 bits per heavy atom. The van der Waals surface area contributed by atoms with Crippen molar-refractivity contribution >= 4 is 22.7 Å². The fourth-order valence-corrected chi connectivity index (χ4v) is 3.20. The first-order valence-electron chi connectivity index (χ1n) is 8.45. The van der Waals surface area contributed by atoms with Gasteiger partial charge in [-0.15, -0.1) is 17.0 Å². The fourth-order valence-electron chi connectivity index (χ4n) is 3.20. The average Bonchev–Trinajstić information content (AvgIpc) is 2.59. The number of aromatic hydroxyl groups is 1. The highest BCUT2D eigenvalue weighted by molar-refractivity contribution is 8.93. The summed E-state index contributed by atoms with van der Waals surface area (Å²) in [6.45, 7) is 4.05. The molecule has 27 heavy (non-hydrogen) atoms. The van der Waals surface area contributed by atoms with Crippen LogP contribution in [0.25, 0.3) is 0 Å². The van der Waals surface area contributed by atoms with E-state index in [0.717, 1.165) is 12.0 Å². The molecular formula is C19H23BrN2O5. The van der Waals surface area contributed by atoms with Gasteiger partial charge in [-0.1, -0.05) is 30.3 Å². The summed E-state index contributed by atoms with van der Waals surface area (Å²) in [4.78, 5) is 10.4. The number of rotatable bonds is 5. The lowest BCUT2D eigenvalue weighted by molar-refractivity contribution is -0.386. The Kier molecular flexibility index (Phi) is 6.46. The topological polar surface area (TPSA) is 105 Å². The number of aliphatic hydroxyl groups is 1. The zero-order valence-electron chi connectivity index (χ0n) is 15.1. The largest absolute Gasteiger partial charge is 0.502 e. The molecule has 2 aromatic rings. The number of fused-ring (bicyclic) bond motifs is 1. The van der Waals surface area contributed by atoms with Gasteiger partial charge in [-0.3, -0.25) is 10.1 Å². The molecule has 3 rings (SSSR count). The van der Waals surface area contributed by atoms with Crippen LogP contribution in [-0.2, 0) is 6.42 Å². The first kappa shape index (κ1) is 21.1. The smallest absolute Gasteiger partial charge is 0.314 e. The SMILES string of the molecule is Br.CC1(C)Oc2cc([N+](=O)[O-])c(O)cc2C(NCCc2ccccc2)C1O. The number of hydrogen-bond donors (Lipinski definition) is 3. The Bertz CT molecular complexity index is 813. The lowest BCUT2D eigenvalue weighted by Gasteiger charge is -2.42. The van der Waals surface area contributed by atoms with E-state index < -0.39 is 34.1 Å². The van der Waals surface area contributed by atoms with Gasteiger partial charge in [0.2, 0.25) is 0 Å². The Morgan fingerprint density at radius 3 is 2.56 bits per heavy atom. The minimum atomic E-state index is -0.928. The van der Waals surface area contributed by atoms with Crippen LogP contribution in [0, 0.1) is 10.1 Å². The number of halogens is 1. The first-order chi connectivity index (χ1) is 12.3. The number of benzene rings is 2. The van der Waals surface area contributed by atoms with E-state index in [4.69, 9.17) is 4.74 Å². The van der Waals surface area contributed by atoms with Gasteiger partial charge in [0.15, 0.2) is 5.75 Å². The molecule has 0 bridgehead atoms. The van der Waals surface area contributed by atoms with Crippen LogP contribution in [0.3, 0.4) is 0 Å². The van der Waals surface area contributed by atoms with Crippen molar-refractivity contribution in [2.45, 2.75) is 38.0 Å². The molecule has 7 nitrogen and oxygen atoms in total. The number of aliphatic hydroxyl groups excluding tert-OH is 1. The summed E-state index contributed by atoms with van der Waals surface area (Å²) in [5, 5.41) is 35.0. The van der Waals surface area contributed by atoms with Crippen LogP contribution in [0.1, 0.15) is 31.0 Å². The third kappa shape index (κ3) is 4.40. The second-order valence-corrected chi connectivity index (χ2v) is 6.95. The molecule has 8 heteroatoms. The van der Waals surface area contributed by atoms with Gasteiger partial charge in [-0.05, 0) is 38.4 Å².